The van der Waals surface area contributed by atoms with Crippen LogP contribution in [-0.2, 0) is 5.66 Å². The summed E-state index contributed by atoms with van der Waals surface area (Å²) in [6, 6.07) is 8.36. The predicted octanol–water partition coefficient (Wildman–Crippen LogP) is 1.87. The molecular weight excluding hydrogens is 276 g/mol. The van der Waals surface area contributed by atoms with Gasteiger partial charge in [0.2, 0.25) is 0 Å². The molecule has 0 radical (unpaired) electrons. The minimum absolute atomic E-state index is 0.172. The van der Waals surface area contributed by atoms with Gasteiger partial charge in [0.05, 0.1) is 7.11 Å². The van der Waals surface area contributed by atoms with Crippen LogP contribution in [0.25, 0.3) is 0 Å². The Balaban J connectivity index is 2.11. The fourth-order valence-corrected chi connectivity index (χ4v) is 3.66. The number of likely N-dealkylation sites (N-methyl/N-ethyl adjacent to an activating group) is 4. The molecule has 2 aliphatic heterocycles. The van der Waals surface area contributed by atoms with Crippen LogP contribution < -0.4 is 4.74 Å². The first kappa shape index (κ1) is 14.6. The van der Waals surface area contributed by atoms with Gasteiger partial charge in [-0.15, -0.1) is 0 Å². The molecule has 1 aromatic rings. The molecule has 0 aliphatic carbocycles. The van der Waals surface area contributed by atoms with Gasteiger partial charge in [0, 0.05) is 58.6 Å². The molecule has 5 nitrogen and oxygen atoms in total. The molecule has 1 aromatic carbocycles. The summed E-state index contributed by atoms with van der Waals surface area (Å²) in [7, 11) is 10.2. The quantitative estimate of drug-likeness (QED) is 0.847. The van der Waals surface area contributed by atoms with E-state index in [0.29, 0.717) is 0 Å². The summed E-state index contributed by atoms with van der Waals surface area (Å²) in [6.45, 7) is 0. The van der Waals surface area contributed by atoms with E-state index in [2.05, 4.69) is 84.7 Å². The van der Waals surface area contributed by atoms with Gasteiger partial charge in [-0.05, 0) is 12.1 Å². The highest BCUT2D eigenvalue weighted by Crippen LogP contribution is 2.43. The van der Waals surface area contributed by atoms with Crippen molar-refractivity contribution in [1.29, 1.82) is 0 Å². The van der Waals surface area contributed by atoms with E-state index in [1.54, 1.807) is 7.11 Å². The van der Waals surface area contributed by atoms with Gasteiger partial charge in [-0.2, -0.15) is 0 Å². The van der Waals surface area contributed by atoms with Gasteiger partial charge in [0.1, 0.15) is 11.9 Å². The molecule has 0 spiro atoms. The number of rotatable bonds is 3. The van der Waals surface area contributed by atoms with Gasteiger partial charge in [-0.1, -0.05) is 12.1 Å². The highest BCUT2D eigenvalue weighted by molar-refractivity contribution is 5.36. The average Bonchev–Trinajstić information content (AvgIpc) is 3.00. The first-order valence-electron chi connectivity index (χ1n) is 7.42. The van der Waals surface area contributed by atoms with Crippen LogP contribution in [0.2, 0.25) is 0 Å². The van der Waals surface area contributed by atoms with E-state index in [4.69, 9.17) is 4.74 Å². The lowest BCUT2D eigenvalue weighted by atomic mass is 9.92. The topological polar surface area (TPSA) is 22.2 Å². The first-order valence-corrected chi connectivity index (χ1v) is 7.42. The van der Waals surface area contributed by atoms with Gasteiger partial charge >= 0.3 is 0 Å². The van der Waals surface area contributed by atoms with Gasteiger partial charge in [0.25, 0.3) is 0 Å². The lowest BCUT2D eigenvalue weighted by molar-refractivity contribution is -0.0585. The van der Waals surface area contributed by atoms with Crippen molar-refractivity contribution in [1.82, 2.24) is 19.6 Å². The van der Waals surface area contributed by atoms with Crippen LogP contribution in [0.4, 0.5) is 0 Å². The van der Waals surface area contributed by atoms with Crippen molar-refractivity contribution < 1.29 is 4.74 Å². The van der Waals surface area contributed by atoms with E-state index in [1.807, 2.05) is 12.1 Å². The molecule has 0 bridgehead atoms. The van der Waals surface area contributed by atoms with E-state index in [-0.39, 0.29) is 11.8 Å². The van der Waals surface area contributed by atoms with E-state index >= 15 is 0 Å². The third-order valence-corrected chi connectivity index (χ3v) is 4.77. The molecule has 0 N–H and O–H groups in total. The molecule has 3 rings (SSSR count). The number of benzene rings is 1. The van der Waals surface area contributed by atoms with Gasteiger partial charge in [-0.3, -0.25) is 0 Å². The Morgan fingerprint density at radius 2 is 1.32 bits per heavy atom. The molecule has 0 aromatic heterocycles. The summed E-state index contributed by atoms with van der Waals surface area (Å²) < 4.78 is 5.31. The number of nitrogens with zero attached hydrogens (tertiary/aromatic N) is 4. The second-order valence-electron chi connectivity index (χ2n) is 5.98. The molecular formula is C17H24N4O. The smallest absolute Gasteiger partial charge is 0.178 e. The summed E-state index contributed by atoms with van der Waals surface area (Å²) in [5.41, 5.74) is 0.940. The van der Waals surface area contributed by atoms with E-state index in [1.165, 1.54) is 5.56 Å². The Bertz CT molecular complexity index is 571. The Labute approximate surface area is 132 Å². The van der Waals surface area contributed by atoms with Crippen LogP contribution in [0.3, 0.4) is 0 Å². The molecule has 0 amide bonds. The highest BCUT2D eigenvalue weighted by Gasteiger charge is 2.52. The predicted molar refractivity (Wildman–Crippen MR) is 87.8 cm³/mol. The van der Waals surface area contributed by atoms with Crippen LogP contribution in [0.1, 0.15) is 5.56 Å². The summed E-state index contributed by atoms with van der Waals surface area (Å²) in [4.78, 5) is 9.06. The van der Waals surface area contributed by atoms with Gasteiger partial charge < -0.3 is 24.3 Å². The summed E-state index contributed by atoms with van der Waals surface area (Å²) in [5.74, 6) is 0.876. The highest BCUT2D eigenvalue weighted by atomic mass is 16.5. The molecule has 5 heteroatoms. The van der Waals surface area contributed by atoms with Crippen LogP contribution in [-0.4, -0.2) is 61.1 Å². The van der Waals surface area contributed by atoms with Crippen molar-refractivity contribution in [3.8, 4) is 5.75 Å². The normalized spacial score (nSPS) is 20.4. The Kier molecular flexibility index (Phi) is 3.43. The molecule has 22 heavy (non-hydrogen) atoms. The van der Waals surface area contributed by atoms with Crippen molar-refractivity contribution in [3.05, 3.63) is 54.6 Å². The van der Waals surface area contributed by atoms with Crippen molar-refractivity contribution in [2.24, 2.45) is 0 Å². The Morgan fingerprint density at radius 3 is 1.77 bits per heavy atom. The zero-order chi connectivity index (χ0) is 15.9. The zero-order valence-corrected chi connectivity index (χ0v) is 13.9. The molecule has 0 atom stereocenters. The number of ether oxygens (including phenoxy) is 1. The molecule has 0 fully saturated rings. The second kappa shape index (κ2) is 5.16. The lowest BCUT2D eigenvalue weighted by Crippen LogP contribution is -2.63. The van der Waals surface area contributed by atoms with Gasteiger partial charge in [-0.25, -0.2) is 0 Å². The fourth-order valence-electron chi connectivity index (χ4n) is 3.66. The minimum atomic E-state index is -0.292. The zero-order valence-electron chi connectivity index (χ0n) is 13.9. The number of methoxy groups -OCH3 is 1. The van der Waals surface area contributed by atoms with Crippen molar-refractivity contribution in [2.45, 2.75) is 11.8 Å². The molecule has 118 valence electrons. The molecule has 0 saturated heterocycles. The summed E-state index contributed by atoms with van der Waals surface area (Å²) >= 11 is 0. The lowest BCUT2D eigenvalue weighted by Gasteiger charge is -2.51. The van der Waals surface area contributed by atoms with E-state index < -0.39 is 0 Å². The minimum Gasteiger partial charge on any atom is -0.497 e. The number of hydrogen-bond donors (Lipinski definition) is 0. The maximum Gasteiger partial charge on any atom is 0.178 e. The van der Waals surface area contributed by atoms with Crippen LogP contribution in [0.15, 0.2) is 49.1 Å². The Morgan fingerprint density at radius 1 is 0.818 bits per heavy atom. The fraction of sp³-hybridized carbons (Fsp3) is 0.412. The third-order valence-electron chi connectivity index (χ3n) is 4.77. The maximum absolute atomic E-state index is 5.31. The second-order valence-corrected chi connectivity index (χ2v) is 5.98. The maximum atomic E-state index is 5.31. The average molecular weight is 300 g/mol. The van der Waals surface area contributed by atoms with Crippen molar-refractivity contribution >= 4 is 0 Å². The van der Waals surface area contributed by atoms with Crippen molar-refractivity contribution in [3.63, 3.8) is 0 Å². The monoisotopic (exact) mass is 300 g/mol. The van der Waals surface area contributed by atoms with E-state index in [9.17, 15) is 0 Å². The Hall–Kier alpha value is -2.30. The SMILES string of the molecule is COc1ccc(C2(C3N(C)C=CN3C)N(C)C=CN2C)cc1. The van der Waals surface area contributed by atoms with Crippen LogP contribution in [0.5, 0.6) is 5.75 Å². The number of hydrogen-bond acceptors (Lipinski definition) is 5. The van der Waals surface area contributed by atoms with Crippen molar-refractivity contribution in [2.75, 3.05) is 35.3 Å². The molecule has 0 unspecified atom stereocenters. The largest absolute Gasteiger partial charge is 0.497 e. The standard InChI is InChI=1S/C17H24N4O/c1-18-10-11-19(2)16(18)17(20(3)12-13-21(17)4)14-6-8-15(22-5)9-7-14/h6-13,16H,1-5H3. The summed E-state index contributed by atoms with van der Waals surface area (Å²) in [6.07, 6.45) is 8.67. The molecule has 2 aliphatic rings. The molecule has 0 saturated carbocycles. The first-order chi connectivity index (χ1) is 10.5. The third kappa shape index (κ3) is 1.85. The summed E-state index contributed by atoms with van der Waals surface area (Å²) in [5, 5.41) is 0. The van der Waals surface area contributed by atoms with E-state index in [0.717, 1.165) is 5.75 Å². The molecule has 2 heterocycles. The van der Waals surface area contributed by atoms with Crippen LogP contribution >= 0.6 is 0 Å². The van der Waals surface area contributed by atoms with Crippen LogP contribution in [0, 0.1) is 0 Å². The van der Waals surface area contributed by atoms with Gasteiger partial charge in [0.15, 0.2) is 5.66 Å².